The minimum Gasteiger partial charge on any atom is -0.496 e. The highest BCUT2D eigenvalue weighted by molar-refractivity contribution is 5.49. The number of rotatable bonds is 8. The summed E-state index contributed by atoms with van der Waals surface area (Å²) in [6, 6.07) is 2.97. The zero-order valence-corrected chi connectivity index (χ0v) is 16.2. The maximum absolute atomic E-state index is 11.1. The molecule has 1 aliphatic rings. The van der Waals surface area contributed by atoms with Gasteiger partial charge in [-0.15, -0.1) is 10.2 Å². The quantitative estimate of drug-likeness (QED) is 0.227. The van der Waals surface area contributed by atoms with Crippen LogP contribution in [0.25, 0.3) is 0 Å². The molecule has 152 valence electrons. The second kappa shape index (κ2) is 9.60. The van der Waals surface area contributed by atoms with Crippen LogP contribution in [0, 0.1) is 4.91 Å². The molecule has 0 saturated carbocycles. The Kier molecular flexibility index (Phi) is 7.21. The van der Waals surface area contributed by atoms with Gasteiger partial charge in [0, 0.05) is 17.3 Å². The first-order valence-corrected chi connectivity index (χ1v) is 8.59. The zero-order chi connectivity index (χ0) is 20.7. The van der Waals surface area contributed by atoms with Crippen LogP contribution in [0.2, 0.25) is 0 Å². The third-order valence-corrected chi connectivity index (χ3v) is 4.15. The van der Waals surface area contributed by atoms with E-state index in [1.807, 2.05) is 19.9 Å². The second-order valence-electron chi connectivity index (χ2n) is 6.32. The highest BCUT2D eigenvalue weighted by Gasteiger charge is 2.27. The van der Waals surface area contributed by atoms with E-state index in [-0.39, 0.29) is 5.92 Å². The van der Waals surface area contributed by atoms with Gasteiger partial charge in [0.25, 0.3) is 0 Å². The van der Waals surface area contributed by atoms with Crippen molar-refractivity contribution in [2.24, 2.45) is 37.5 Å². The molecule has 1 aromatic rings. The van der Waals surface area contributed by atoms with E-state index in [1.165, 1.54) is 0 Å². The minimum atomic E-state index is -0.714. The van der Waals surface area contributed by atoms with Gasteiger partial charge in [-0.3, -0.25) is 0 Å². The van der Waals surface area contributed by atoms with Crippen molar-refractivity contribution in [3.63, 3.8) is 0 Å². The number of nitrogens with two attached hydrogens (primary N) is 2. The molecule has 1 aliphatic heterocycles. The molecule has 12 heteroatoms. The molecule has 0 bridgehead atoms. The monoisotopic (exact) mass is 391 g/mol. The van der Waals surface area contributed by atoms with Crippen molar-refractivity contribution >= 4 is 0 Å². The van der Waals surface area contributed by atoms with Gasteiger partial charge in [0.1, 0.15) is 17.5 Å². The van der Waals surface area contributed by atoms with E-state index in [0.717, 1.165) is 5.56 Å². The summed E-state index contributed by atoms with van der Waals surface area (Å²) in [5.74, 6) is 11.9. The number of nitrogens with one attached hydrogen (secondary N) is 2. The van der Waals surface area contributed by atoms with Gasteiger partial charge in [-0.05, 0) is 25.0 Å². The molecule has 0 saturated heterocycles. The summed E-state index contributed by atoms with van der Waals surface area (Å²) in [7, 11) is 1.54. The van der Waals surface area contributed by atoms with Gasteiger partial charge in [0.15, 0.2) is 18.2 Å². The lowest BCUT2D eigenvalue weighted by atomic mass is 9.97. The van der Waals surface area contributed by atoms with Gasteiger partial charge in [-0.25, -0.2) is 5.32 Å². The molecule has 0 radical (unpaired) electrons. The fraction of sp³-hybridized carbons (Fsp3) is 0.500. The highest BCUT2D eigenvalue weighted by Crippen LogP contribution is 2.38. The van der Waals surface area contributed by atoms with Gasteiger partial charge in [0.2, 0.25) is 0 Å². The normalized spacial score (nSPS) is 20.8. The Morgan fingerprint density at radius 2 is 1.75 bits per heavy atom. The van der Waals surface area contributed by atoms with Gasteiger partial charge < -0.3 is 26.5 Å². The molecule has 12 nitrogen and oxygen atoms in total. The van der Waals surface area contributed by atoms with Crippen molar-refractivity contribution in [1.29, 1.82) is 0 Å². The van der Waals surface area contributed by atoms with E-state index in [4.69, 9.17) is 21.2 Å². The van der Waals surface area contributed by atoms with E-state index in [2.05, 4.69) is 36.5 Å². The summed E-state index contributed by atoms with van der Waals surface area (Å²) in [5.41, 5.74) is 1.49. The van der Waals surface area contributed by atoms with Gasteiger partial charge in [0.05, 0.1) is 7.11 Å². The van der Waals surface area contributed by atoms with Gasteiger partial charge in [-0.2, -0.15) is 4.91 Å². The Hall–Kier alpha value is -3.28. The van der Waals surface area contributed by atoms with Crippen LogP contribution in [-0.4, -0.2) is 19.6 Å². The molecule has 2 rings (SSSR count). The molecule has 0 amide bonds. The average molecular weight is 391 g/mol. The van der Waals surface area contributed by atoms with Gasteiger partial charge in [-0.1, -0.05) is 29.5 Å². The third kappa shape index (κ3) is 4.71. The van der Waals surface area contributed by atoms with Crippen LogP contribution in [0.15, 0.2) is 49.9 Å². The maximum atomic E-state index is 11.1. The predicted molar refractivity (Wildman–Crippen MR) is 102 cm³/mol. The van der Waals surface area contributed by atoms with Crippen molar-refractivity contribution in [2.45, 2.75) is 45.2 Å². The minimum absolute atomic E-state index is 0.121. The van der Waals surface area contributed by atoms with Crippen molar-refractivity contribution in [3.8, 4) is 11.5 Å². The molecular weight excluding hydrogens is 366 g/mol. The van der Waals surface area contributed by atoms with Gasteiger partial charge >= 0.3 is 0 Å². The lowest BCUT2D eigenvalue weighted by Gasteiger charge is -2.27. The molecule has 0 fully saturated rings. The van der Waals surface area contributed by atoms with E-state index >= 15 is 0 Å². The fourth-order valence-electron chi connectivity index (χ4n) is 2.71. The summed E-state index contributed by atoms with van der Waals surface area (Å²) in [5, 5.41) is 23.2. The summed E-state index contributed by atoms with van der Waals surface area (Å²) >= 11 is 0. The Bertz CT molecular complexity index is 779. The molecule has 28 heavy (non-hydrogen) atoms. The van der Waals surface area contributed by atoms with E-state index < -0.39 is 18.5 Å². The Balaban J connectivity index is 2.46. The molecule has 6 N–H and O–H groups in total. The van der Waals surface area contributed by atoms with Crippen molar-refractivity contribution < 1.29 is 9.47 Å². The summed E-state index contributed by atoms with van der Waals surface area (Å²) in [6.07, 6.45) is 0.252. The number of hydrogen-bond acceptors (Lipinski definition) is 10. The topological polar surface area (TPSA) is 173 Å². The Morgan fingerprint density at radius 3 is 2.32 bits per heavy atom. The first kappa shape index (κ1) is 21.0. The maximum Gasteiger partial charge on any atom is 0.197 e. The summed E-state index contributed by atoms with van der Waals surface area (Å²) < 4.78 is 11.5. The van der Waals surface area contributed by atoms with Crippen LogP contribution in [-0.2, 0) is 0 Å². The summed E-state index contributed by atoms with van der Waals surface area (Å²) in [6.45, 7) is 5.72. The lowest BCUT2D eigenvalue weighted by Crippen LogP contribution is -2.49. The molecule has 0 aliphatic carbocycles. The van der Waals surface area contributed by atoms with Crippen LogP contribution in [0.4, 0.5) is 0 Å². The lowest BCUT2D eigenvalue weighted by molar-refractivity contribution is 0.289. The van der Waals surface area contributed by atoms with E-state index in [1.54, 1.807) is 26.3 Å². The van der Waals surface area contributed by atoms with Crippen LogP contribution >= 0.6 is 0 Å². The van der Waals surface area contributed by atoms with Crippen molar-refractivity contribution in [1.82, 2.24) is 10.6 Å². The van der Waals surface area contributed by atoms with Crippen LogP contribution < -0.4 is 31.8 Å². The Labute approximate surface area is 162 Å². The molecule has 3 unspecified atom stereocenters. The largest absolute Gasteiger partial charge is 0.496 e. The van der Waals surface area contributed by atoms with Crippen LogP contribution in [0.1, 0.15) is 43.9 Å². The number of ether oxygens (including phenoxy) is 2. The molecule has 0 aromatic heterocycles. The van der Waals surface area contributed by atoms with Crippen LogP contribution in [0.3, 0.4) is 0 Å². The fourth-order valence-corrected chi connectivity index (χ4v) is 2.71. The van der Waals surface area contributed by atoms with Crippen molar-refractivity contribution in [3.05, 3.63) is 40.1 Å². The average Bonchev–Trinajstić information content (AvgIpc) is 2.69. The molecular formula is C16H25N9O3. The predicted octanol–water partition coefficient (Wildman–Crippen LogP) is 2.32. The number of benzene rings is 1. The number of hydrogen-bond donors (Lipinski definition) is 4. The molecule has 0 spiro atoms. The number of nitroso groups, excluding NO2 is 1. The van der Waals surface area contributed by atoms with E-state index in [0.29, 0.717) is 22.8 Å². The molecule has 3 atom stereocenters. The molecule has 1 heterocycles. The Morgan fingerprint density at radius 1 is 1.07 bits per heavy atom. The SMILES string of the molecule is COc1cc(C(C)C)c(OC2=CNC(N=NN)NC2N=NN)cc1C(C)N=O. The highest BCUT2D eigenvalue weighted by atomic mass is 16.5. The third-order valence-electron chi connectivity index (χ3n) is 4.15. The van der Waals surface area contributed by atoms with E-state index in [9.17, 15) is 4.91 Å². The zero-order valence-electron chi connectivity index (χ0n) is 16.2. The van der Waals surface area contributed by atoms with Crippen LogP contribution in [0.5, 0.6) is 11.5 Å². The first-order chi connectivity index (χ1) is 13.4. The number of methoxy groups -OCH3 is 1. The second-order valence-corrected chi connectivity index (χ2v) is 6.32. The number of nitrogens with zero attached hydrogens (tertiary/aromatic N) is 5. The first-order valence-electron chi connectivity index (χ1n) is 8.59. The smallest absolute Gasteiger partial charge is 0.197 e. The molecule has 1 aromatic carbocycles. The van der Waals surface area contributed by atoms with Crippen molar-refractivity contribution in [2.75, 3.05) is 7.11 Å². The standard InChI is InChI=1S/C16H25N9O3/c1-8(2)10-5-12(27-4)11(9(3)23-26)6-13(10)28-14-7-19-16(22-25-18)20-15(14)21-24-17/h5-9,15-16,19-20H,1-4H3,(H2,17,21)(H2,18,22). The summed E-state index contributed by atoms with van der Waals surface area (Å²) in [4.78, 5) is 11.1.